The van der Waals surface area contributed by atoms with E-state index in [4.69, 9.17) is 0 Å². The van der Waals surface area contributed by atoms with Gasteiger partial charge in [0.05, 0.1) is 0 Å². The molecule has 19 heavy (non-hydrogen) atoms. The molecule has 2 rings (SSSR count). The fourth-order valence-electron chi connectivity index (χ4n) is 2.89. The quantitative estimate of drug-likeness (QED) is 0.844. The third kappa shape index (κ3) is 4.32. The summed E-state index contributed by atoms with van der Waals surface area (Å²) in [5, 5.41) is 3.63. The lowest BCUT2D eigenvalue weighted by molar-refractivity contribution is 0.230. The van der Waals surface area contributed by atoms with Gasteiger partial charge in [-0.15, -0.1) is 0 Å². The molecular formula is C17H28N2. The van der Waals surface area contributed by atoms with E-state index < -0.39 is 0 Å². The van der Waals surface area contributed by atoms with E-state index in [9.17, 15) is 0 Å². The van der Waals surface area contributed by atoms with Gasteiger partial charge < -0.3 is 5.32 Å². The standard InChI is InChI=1S/C17H28N2/c1-14(2)11-18-12-17(16-7-5-4-6-8-16)19-10-9-15(3)13-19/h4-8,14-15,17-18H,9-13H2,1-3H3. The molecule has 1 aliphatic heterocycles. The van der Waals surface area contributed by atoms with E-state index in [2.05, 4.69) is 61.3 Å². The van der Waals surface area contributed by atoms with Crippen molar-refractivity contribution in [3.63, 3.8) is 0 Å². The van der Waals surface area contributed by atoms with E-state index in [1.165, 1.54) is 25.1 Å². The van der Waals surface area contributed by atoms with Crippen LogP contribution in [-0.4, -0.2) is 31.1 Å². The monoisotopic (exact) mass is 260 g/mol. The Morgan fingerprint density at radius 3 is 2.53 bits per heavy atom. The Bertz CT molecular complexity index is 361. The van der Waals surface area contributed by atoms with Gasteiger partial charge in [-0.1, -0.05) is 51.1 Å². The number of nitrogens with zero attached hydrogens (tertiary/aromatic N) is 1. The van der Waals surface area contributed by atoms with E-state index in [0.29, 0.717) is 12.0 Å². The highest BCUT2D eigenvalue weighted by atomic mass is 15.2. The first-order valence-electron chi connectivity index (χ1n) is 7.66. The second-order valence-corrected chi connectivity index (χ2v) is 6.37. The fraction of sp³-hybridized carbons (Fsp3) is 0.647. The van der Waals surface area contributed by atoms with Crippen molar-refractivity contribution >= 4 is 0 Å². The number of likely N-dealkylation sites (tertiary alicyclic amines) is 1. The Kier molecular flexibility index (Phi) is 5.41. The largest absolute Gasteiger partial charge is 0.315 e. The Morgan fingerprint density at radius 1 is 1.21 bits per heavy atom. The Morgan fingerprint density at radius 2 is 1.95 bits per heavy atom. The summed E-state index contributed by atoms with van der Waals surface area (Å²) >= 11 is 0. The average molecular weight is 260 g/mol. The van der Waals surface area contributed by atoms with Gasteiger partial charge in [-0.3, -0.25) is 4.90 Å². The van der Waals surface area contributed by atoms with Gasteiger partial charge in [0.15, 0.2) is 0 Å². The fourth-order valence-corrected chi connectivity index (χ4v) is 2.89. The molecule has 0 saturated carbocycles. The lowest BCUT2D eigenvalue weighted by Crippen LogP contribution is -2.35. The molecule has 1 fully saturated rings. The second kappa shape index (κ2) is 7.06. The summed E-state index contributed by atoms with van der Waals surface area (Å²) in [6, 6.07) is 11.5. The molecule has 0 radical (unpaired) electrons. The zero-order chi connectivity index (χ0) is 13.7. The highest BCUT2D eigenvalue weighted by Gasteiger charge is 2.26. The lowest BCUT2D eigenvalue weighted by Gasteiger charge is -2.29. The van der Waals surface area contributed by atoms with Crippen LogP contribution in [0.5, 0.6) is 0 Å². The molecule has 1 saturated heterocycles. The molecular weight excluding hydrogens is 232 g/mol. The molecule has 2 atom stereocenters. The molecule has 2 nitrogen and oxygen atoms in total. The van der Waals surface area contributed by atoms with Crippen LogP contribution in [0.2, 0.25) is 0 Å². The minimum atomic E-state index is 0.532. The van der Waals surface area contributed by atoms with Crippen molar-refractivity contribution in [3.05, 3.63) is 35.9 Å². The molecule has 1 heterocycles. The first kappa shape index (κ1) is 14.5. The molecule has 106 valence electrons. The summed E-state index contributed by atoms with van der Waals surface area (Å²) in [5.74, 6) is 1.56. The Hall–Kier alpha value is -0.860. The number of benzene rings is 1. The van der Waals surface area contributed by atoms with Gasteiger partial charge in [-0.25, -0.2) is 0 Å². The zero-order valence-corrected chi connectivity index (χ0v) is 12.6. The van der Waals surface area contributed by atoms with Crippen LogP contribution < -0.4 is 5.32 Å². The van der Waals surface area contributed by atoms with Crippen LogP contribution in [0.15, 0.2) is 30.3 Å². The Labute approximate surface area is 118 Å². The molecule has 1 aliphatic rings. The number of rotatable bonds is 6. The molecule has 0 amide bonds. The topological polar surface area (TPSA) is 15.3 Å². The van der Waals surface area contributed by atoms with Crippen molar-refractivity contribution in [2.75, 3.05) is 26.2 Å². The maximum absolute atomic E-state index is 3.63. The predicted molar refractivity (Wildman–Crippen MR) is 82.2 cm³/mol. The maximum Gasteiger partial charge on any atom is 0.0472 e. The highest BCUT2D eigenvalue weighted by Crippen LogP contribution is 2.27. The number of nitrogens with one attached hydrogen (secondary N) is 1. The first-order valence-corrected chi connectivity index (χ1v) is 7.66. The minimum absolute atomic E-state index is 0.532. The van der Waals surface area contributed by atoms with Crippen molar-refractivity contribution in [1.82, 2.24) is 10.2 Å². The molecule has 2 heteroatoms. The van der Waals surface area contributed by atoms with E-state index in [-0.39, 0.29) is 0 Å². The lowest BCUT2D eigenvalue weighted by atomic mass is 10.1. The Balaban J connectivity index is 2.01. The van der Waals surface area contributed by atoms with Gasteiger partial charge in [0.1, 0.15) is 0 Å². The summed E-state index contributed by atoms with van der Waals surface area (Å²) in [6.07, 6.45) is 1.34. The molecule has 1 aromatic rings. The first-order chi connectivity index (χ1) is 9.16. The van der Waals surface area contributed by atoms with Crippen molar-refractivity contribution < 1.29 is 0 Å². The zero-order valence-electron chi connectivity index (χ0n) is 12.6. The van der Waals surface area contributed by atoms with E-state index in [1.807, 2.05) is 0 Å². The number of hydrogen-bond donors (Lipinski definition) is 1. The van der Waals surface area contributed by atoms with Gasteiger partial charge in [0.25, 0.3) is 0 Å². The molecule has 1 N–H and O–H groups in total. The van der Waals surface area contributed by atoms with Gasteiger partial charge >= 0.3 is 0 Å². The van der Waals surface area contributed by atoms with Crippen LogP contribution in [0.1, 0.15) is 38.8 Å². The third-order valence-corrected chi connectivity index (χ3v) is 3.97. The summed E-state index contributed by atoms with van der Waals surface area (Å²) < 4.78 is 0. The molecule has 0 aromatic heterocycles. The average Bonchev–Trinajstić information content (AvgIpc) is 2.82. The summed E-state index contributed by atoms with van der Waals surface area (Å²) in [7, 11) is 0. The smallest absolute Gasteiger partial charge is 0.0472 e. The molecule has 2 unspecified atom stereocenters. The summed E-state index contributed by atoms with van der Waals surface area (Å²) in [4.78, 5) is 2.65. The van der Waals surface area contributed by atoms with E-state index >= 15 is 0 Å². The molecule has 0 spiro atoms. The van der Waals surface area contributed by atoms with E-state index in [1.54, 1.807) is 0 Å². The van der Waals surface area contributed by atoms with Crippen molar-refractivity contribution in [3.8, 4) is 0 Å². The molecule has 1 aromatic carbocycles. The van der Waals surface area contributed by atoms with Gasteiger partial charge in [-0.05, 0) is 36.9 Å². The summed E-state index contributed by atoms with van der Waals surface area (Å²) in [6.45, 7) is 11.5. The van der Waals surface area contributed by atoms with Crippen LogP contribution in [0.25, 0.3) is 0 Å². The van der Waals surface area contributed by atoms with Crippen LogP contribution in [0.3, 0.4) is 0 Å². The van der Waals surface area contributed by atoms with Gasteiger partial charge in [-0.2, -0.15) is 0 Å². The van der Waals surface area contributed by atoms with Gasteiger partial charge in [0.2, 0.25) is 0 Å². The van der Waals surface area contributed by atoms with Crippen molar-refractivity contribution in [2.45, 2.75) is 33.2 Å². The third-order valence-electron chi connectivity index (χ3n) is 3.97. The summed E-state index contributed by atoms with van der Waals surface area (Å²) in [5.41, 5.74) is 1.45. The SMILES string of the molecule is CC(C)CNCC(c1ccccc1)N1CCC(C)C1. The normalized spacial score (nSPS) is 22.0. The van der Waals surface area contributed by atoms with Crippen LogP contribution in [-0.2, 0) is 0 Å². The minimum Gasteiger partial charge on any atom is -0.315 e. The highest BCUT2D eigenvalue weighted by molar-refractivity contribution is 5.19. The van der Waals surface area contributed by atoms with Crippen molar-refractivity contribution in [1.29, 1.82) is 0 Å². The molecule has 0 aliphatic carbocycles. The second-order valence-electron chi connectivity index (χ2n) is 6.37. The molecule has 0 bridgehead atoms. The van der Waals surface area contributed by atoms with E-state index in [0.717, 1.165) is 19.0 Å². The maximum atomic E-state index is 3.63. The van der Waals surface area contributed by atoms with Crippen LogP contribution in [0.4, 0.5) is 0 Å². The van der Waals surface area contributed by atoms with Gasteiger partial charge in [0, 0.05) is 19.1 Å². The predicted octanol–water partition coefficient (Wildman–Crippen LogP) is 3.32. The van der Waals surface area contributed by atoms with Crippen LogP contribution >= 0.6 is 0 Å². The van der Waals surface area contributed by atoms with Crippen molar-refractivity contribution in [2.24, 2.45) is 11.8 Å². The van der Waals surface area contributed by atoms with Crippen LogP contribution in [0, 0.1) is 11.8 Å². The number of hydrogen-bond acceptors (Lipinski definition) is 2.